The van der Waals surface area contributed by atoms with Crippen molar-refractivity contribution in [3.8, 4) is 0 Å². The molecule has 2 N–H and O–H groups in total. The van der Waals surface area contributed by atoms with E-state index in [1.54, 1.807) is 13.8 Å². The first-order chi connectivity index (χ1) is 7.34. The lowest BCUT2D eigenvalue weighted by molar-refractivity contribution is -0.143. The van der Waals surface area contributed by atoms with E-state index < -0.39 is 22.2 Å². The zero-order valence-corrected chi connectivity index (χ0v) is 10.9. The molecule has 96 valence electrons. The van der Waals surface area contributed by atoms with Gasteiger partial charge in [0.1, 0.15) is 6.04 Å². The Labute approximate surface area is 96.9 Å². The van der Waals surface area contributed by atoms with E-state index in [0.29, 0.717) is 13.0 Å². The molecule has 0 rings (SSSR count). The van der Waals surface area contributed by atoms with Gasteiger partial charge >= 0.3 is 5.97 Å². The van der Waals surface area contributed by atoms with Gasteiger partial charge in [-0.15, -0.1) is 0 Å². The number of carbonyl (C=O) groups is 1. The average molecular weight is 252 g/mol. The second-order valence-corrected chi connectivity index (χ2v) is 5.29. The maximum absolute atomic E-state index is 11.5. The summed E-state index contributed by atoms with van der Waals surface area (Å²) in [5.74, 6) is -0.762. The van der Waals surface area contributed by atoms with Crippen molar-refractivity contribution in [2.24, 2.45) is 5.92 Å². The van der Waals surface area contributed by atoms with Crippen LogP contribution in [-0.4, -0.2) is 34.1 Å². The molecule has 0 saturated carbocycles. The first-order valence-electron chi connectivity index (χ1n) is 5.18. The summed E-state index contributed by atoms with van der Waals surface area (Å²) in [5.41, 5.74) is 0. The smallest absolute Gasteiger partial charge is 0.324 e. The lowest BCUT2D eigenvalue weighted by Crippen LogP contribution is -2.49. The highest BCUT2D eigenvalue weighted by atomic mass is 32.2. The topological polar surface area (TPSA) is 84.5 Å². The first-order valence-corrected chi connectivity index (χ1v) is 6.67. The fourth-order valence-electron chi connectivity index (χ4n) is 1.03. The molecule has 0 radical (unpaired) electrons. The molecule has 6 nitrogen and oxygen atoms in total. The summed E-state index contributed by atoms with van der Waals surface area (Å²) in [4.78, 5) is 11.3. The van der Waals surface area contributed by atoms with Crippen molar-refractivity contribution >= 4 is 16.2 Å². The van der Waals surface area contributed by atoms with E-state index >= 15 is 0 Å². The fraction of sp³-hybridized carbons (Fsp3) is 0.889. The Balaban J connectivity index is 4.57. The van der Waals surface area contributed by atoms with Gasteiger partial charge in [-0.1, -0.05) is 20.8 Å². The second kappa shape index (κ2) is 6.82. The van der Waals surface area contributed by atoms with Crippen molar-refractivity contribution < 1.29 is 17.9 Å². The molecule has 1 atom stereocenters. The Morgan fingerprint density at radius 3 is 2.31 bits per heavy atom. The molecular weight excluding hydrogens is 232 g/mol. The fourth-order valence-corrected chi connectivity index (χ4v) is 2.29. The van der Waals surface area contributed by atoms with Gasteiger partial charge in [-0.25, -0.2) is 4.72 Å². The lowest BCUT2D eigenvalue weighted by atomic mass is 10.1. The van der Waals surface area contributed by atoms with Crippen molar-refractivity contribution in [1.82, 2.24) is 9.44 Å². The molecule has 0 aromatic rings. The molecule has 1 unspecified atom stereocenters. The Morgan fingerprint density at radius 1 is 1.38 bits per heavy atom. The number of esters is 1. The SMILES string of the molecule is CCCNS(=O)(=O)NC(C(=O)OC)C(C)C. The molecule has 0 aliphatic heterocycles. The molecule has 0 aliphatic rings. The molecule has 7 heteroatoms. The van der Waals surface area contributed by atoms with E-state index in [9.17, 15) is 13.2 Å². The van der Waals surface area contributed by atoms with Crippen LogP contribution in [0, 0.1) is 5.92 Å². The predicted molar refractivity (Wildman–Crippen MR) is 61.0 cm³/mol. The minimum Gasteiger partial charge on any atom is -0.468 e. The zero-order chi connectivity index (χ0) is 12.8. The van der Waals surface area contributed by atoms with Crippen LogP contribution in [0.2, 0.25) is 0 Å². The number of hydrogen-bond donors (Lipinski definition) is 2. The van der Waals surface area contributed by atoms with Gasteiger partial charge in [0, 0.05) is 6.54 Å². The van der Waals surface area contributed by atoms with E-state index in [2.05, 4.69) is 14.2 Å². The van der Waals surface area contributed by atoms with Crippen molar-refractivity contribution in [1.29, 1.82) is 0 Å². The Kier molecular flexibility index (Phi) is 6.54. The highest BCUT2D eigenvalue weighted by Gasteiger charge is 2.27. The molecule has 0 aromatic carbocycles. The minimum absolute atomic E-state index is 0.175. The van der Waals surface area contributed by atoms with Gasteiger partial charge in [0.2, 0.25) is 0 Å². The molecule has 0 fully saturated rings. The van der Waals surface area contributed by atoms with Gasteiger partial charge in [-0.3, -0.25) is 4.79 Å². The largest absolute Gasteiger partial charge is 0.468 e. The summed E-state index contributed by atoms with van der Waals surface area (Å²) < 4.78 is 32.1. The molecule has 0 spiro atoms. The lowest BCUT2D eigenvalue weighted by Gasteiger charge is -2.19. The summed E-state index contributed by atoms with van der Waals surface area (Å²) in [6, 6.07) is -0.862. The standard InChI is InChI=1S/C9H20N2O4S/c1-5-6-10-16(13,14)11-8(7(2)3)9(12)15-4/h7-8,10-11H,5-6H2,1-4H3. The number of methoxy groups -OCH3 is 1. The molecule has 0 amide bonds. The average Bonchev–Trinajstić information content (AvgIpc) is 2.22. The van der Waals surface area contributed by atoms with Crippen molar-refractivity contribution in [2.75, 3.05) is 13.7 Å². The number of nitrogens with one attached hydrogen (secondary N) is 2. The highest BCUT2D eigenvalue weighted by molar-refractivity contribution is 7.87. The van der Waals surface area contributed by atoms with Crippen LogP contribution in [0.15, 0.2) is 0 Å². The third-order valence-corrected chi connectivity index (χ3v) is 3.09. The Bertz CT molecular complexity index is 313. The van der Waals surface area contributed by atoms with Gasteiger partial charge in [0.05, 0.1) is 7.11 Å². The van der Waals surface area contributed by atoms with Crippen molar-refractivity contribution in [3.63, 3.8) is 0 Å². The number of carbonyl (C=O) groups excluding carboxylic acids is 1. The quantitative estimate of drug-likeness (QED) is 0.625. The van der Waals surface area contributed by atoms with Crippen LogP contribution < -0.4 is 9.44 Å². The van der Waals surface area contributed by atoms with E-state index in [4.69, 9.17) is 0 Å². The summed E-state index contributed by atoms with van der Waals surface area (Å²) >= 11 is 0. The van der Waals surface area contributed by atoms with Crippen LogP contribution in [-0.2, 0) is 19.7 Å². The minimum atomic E-state index is -3.64. The van der Waals surface area contributed by atoms with Crippen LogP contribution >= 0.6 is 0 Å². The van der Waals surface area contributed by atoms with Gasteiger partial charge < -0.3 is 4.74 Å². The van der Waals surface area contributed by atoms with Crippen LogP contribution in [0.4, 0.5) is 0 Å². The number of rotatable bonds is 7. The van der Waals surface area contributed by atoms with Gasteiger partial charge in [-0.05, 0) is 12.3 Å². The molecule has 0 aliphatic carbocycles. The van der Waals surface area contributed by atoms with Gasteiger partial charge in [-0.2, -0.15) is 13.1 Å². The number of hydrogen-bond acceptors (Lipinski definition) is 4. The summed E-state index contributed by atoms with van der Waals surface area (Å²) in [6.07, 6.45) is 0.686. The van der Waals surface area contributed by atoms with Crippen LogP contribution in [0.5, 0.6) is 0 Å². The maximum atomic E-state index is 11.5. The van der Waals surface area contributed by atoms with Crippen molar-refractivity contribution in [3.05, 3.63) is 0 Å². The molecule has 0 aromatic heterocycles. The van der Waals surface area contributed by atoms with Crippen molar-refractivity contribution in [2.45, 2.75) is 33.2 Å². The summed E-state index contributed by atoms with van der Waals surface area (Å²) in [5, 5.41) is 0. The third-order valence-electron chi connectivity index (χ3n) is 1.95. The summed E-state index contributed by atoms with van der Waals surface area (Å²) in [6.45, 7) is 5.66. The van der Waals surface area contributed by atoms with E-state index in [1.165, 1.54) is 7.11 Å². The third kappa shape index (κ3) is 5.43. The zero-order valence-electron chi connectivity index (χ0n) is 10.1. The monoisotopic (exact) mass is 252 g/mol. The molecule has 0 heterocycles. The Hall–Kier alpha value is -0.660. The number of ether oxygens (including phenoxy) is 1. The van der Waals surface area contributed by atoms with E-state index in [0.717, 1.165) is 0 Å². The summed E-state index contributed by atoms with van der Waals surface area (Å²) in [7, 11) is -2.42. The van der Waals surface area contributed by atoms with Crippen LogP contribution in [0.3, 0.4) is 0 Å². The van der Waals surface area contributed by atoms with Crippen LogP contribution in [0.25, 0.3) is 0 Å². The normalized spacial score (nSPS) is 13.8. The predicted octanol–water partition coefficient (Wildman–Crippen LogP) is 0.0180. The first kappa shape index (κ1) is 15.3. The maximum Gasteiger partial charge on any atom is 0.324 e. The van der Waals surface area contributed by atoms with Gasteiger partial charge in [0.25, 0.3) is 10.2 Å². The van der Waals surface area contributed by atoms with E-state index in [-0.39, 0.29) is 5.92 Å². The molecule has 0 saturated heterocycles. The molecule has 16 heavy (non-hydrogen) atoms. The second-order valence-electron chi connectivity index (χ2n) is 3.76. The van der Waals surface area contributed by atoms with Crippen LogP contribution in [0.1, 0.15) is 27.2 Å². The highest BCUT2D eigenvalue weighted by Crippen LogP contribution is 2.04. The Morgan fingerprint density at radius 2 is 1.94 bits per heavy atom. The molecular formula is C9H20N2O4S. The molecule has 0 bridgehead atoms. The van der Waals surface area contributed by atoms with E-state index in [1.807, 2.05) is 6.92 Å². The van der Waals surface area contributed by atoms with Gasteiger partial charge in [0.15, 0.2) is 0 Å².